The number of aromatic amines is 1. The normalized spacial score (nSPS) is 10.7. The quantitative estimate of drug-likeness (QED) is 0.692. The van der Waals surface area contributed by atoms with Crippen molar-refractivity contribution in [3.63, 3.8) is 0 Å². The topological polar surface area (TPSA) is 20.7 Å². The van der Waals surface area contributed by atoms with Gasteiger partial charge in [0.1, 0.15) is 0 Å². The molecule has 0 amide bonds. The van der Waals surface area contributed by atoms with Crippen molar-refractivity contribution in [1.82, 2.24) is 9.55 Å². The lowest BCUT2D eigenvalue weighted by Gasteiger charge is -2.13. The Morgan fingerprint density at radius 3 is 2.48 bits per heavy atom. The lowest BCUT2D eigenvalue weighted by atomic mass is 10.0. The molecule has 3 aromatic rings. The molecule has 0 aliphatic carbocycles. The summed E-state index contributed by atoms with van der Waals surface area (Å²) in [4.78, 5) is 3.16. The van der Waals surface area contributed by atoms with E-state index >= 15 is 0 Å². The van der Waals surface area contributed by atoms with Crippen LogP contribution < -0.4 is 0 Å². The minimum Gasteiger partial charge on any atom is -0.337 e. The van der Waals surface area contributed by atoms with Crippen molar-refractivity contribution >= 4 is 12.2 Å². The molecule has 2 nitrogen and oxygen atoms in total. The molecule has 106 valence electrons. The second-order valence-electron chi connectivity index (χ2n) is 5.07. The molecule has 1 heterocycles. The van der Waals surface area contributed by atoms with Crippen LogP contribution in [0.5, 0.6) is 0 Å². The average molecular weight is 294 g/mol. The monoisotopic (exact) mass is 294 g/mol. The van der Waals surface area contributed by atoms with Crippen LogP contribution in [0, 0.1) is 4.77 Å². The molecule has 3 heteroatoms. The molecule has 0 aliphatic rings. The van der Waals surface area contributed by atoms with E-state index in [-0.39, 0.29) is 0 Å². The molecule has 0 radical (unpaired) electrons. The van der Waals surface area contributed by atoms with E-state index in [4.69, 9.17) is 12.2 Å². The van der Waals surface area contributed by atoms with Crippen molar-refractivity contribution in [2.75, 3.05) is 0 Å². The van der Waals surface area contributed by atoms with Crippen LogP contribution in [0.1, 0.15) is 23.7 Å². The zero-order chi connectivity index (χ0) is 14.7. The van der Waals surface area contributed by atoms with E-state index in [1.54, 1.807) is 0 Å². The van der Waals surface area contributed by atoms with Crippen LogP contribution in [0.25, 0.3) is 5.69 Å². The predicted octanol–water partition coefficient (Wildman–Crippen LogP) is 4.69. The molecule has 1 aromatic heterocycles. The molecular formula is C18H18N2S. The van der Waals surface area contributed by atoms with Crippen molar-refractivity contribution in [3.05, 3.63) is 82.4 Å². The molecule has 2 aromatic carbocycles. The molecule has 0 atom stereocenters. The summed E-state index contributed by atoms with van der Waals surface area (Å²) in [5, 5.41) is 0. The summed E-state index contributed by atoms with van der Waals surface area (Å²) in [6, 6.07) is 19.0. The van der Waals surface area contributed by atoms with E-state index in [1.165, 1.54) is 22.5 Å². The van der Waals surface area contributed by atoms with Gasteiger partial charge in [0, 0.05) is 11.9 Å². The molecular weight excluding hydrogens is 276 g/mol. The largest absolute Gasteiger partial charge is 0.337 e. The van der Waals surface area contributed by atoms with Gasteiger partial charge in [-0.05, 0) is 42.3 Å². The van der Waals surface area contributed by atoms with Crippen LogP contribution in [-0.4, -0.2) is 9.55 Å². The second-order valence-corrected chi connectivity index (χ2v) is 5.45. The summed E-state index contributed by atoms with van der Waals surface area (Å²) in [5.41, 5.74) is 4.98. The Labute approximate surface area is 130 Å². The highest BCUT2D eigenvalue weighted by atomic mass is 32.1. The Hall–Kier alpha value is -2.13. The Bertz CT molecular complexity index is 784. The van der Waals surface area contributed by atoms with Crippen LogP contribution in [0.2, 0.25) is 0 Å². The molecule has 3 rings (SSSR count). The molecule has 0 saturated carbocycles. The number of nitrogens with zero attached hydrogens (tertiary/aromatic N) is 1. The Morgan fingerprint density at radius 2 is 1.71 bits per heavy atom. The second kappa shape index (κ2) is 6.10. The third-order valence-corrected chi connectivity index (χ3v) is 3.99. The van der Waals surface area contributed by atoms with Gasteiger partial charge < -0.3 is 4.98 Å². The number of hydrogen-bond acceptors (Lipinski definition) is 1. The van der Waals surface area contributed by atoms with E-state index in [9.17, 15) is 0 Å². The number of para-hydroxylation sites is 1. The van der Waals surface area contributed by atoms with E-state index in [2.05, 4.69) is 65.0 Å². The van der Waals surface area contributed by atoms with Crippen molar-refractivity contribution in [2.24, 2.45) is 0 Å². The average Bonchev–Trinajstić information content (AvgIpc) is 2.90. The summed E-state index contributed by atoms with van der Waals surface area (Å²) < 4.78 is 2.90. The van der Waals surface area contributed by atoms with Gasteiger partial charge in [0.25, 0.3) is 0 Å². The summed E-state index contributed by atoms with van der Waals surface area (Å²) in [5.74, 6) is 0. The van der Waals surface area contributed by atoms with Gasteiger partial charge in [0.2, 0.25) is 0 Å². The number of rotatable bonds is 4. The van der Waals surface area contributed by atoms with Crippen molar-refractivity contribution < 1.29 is 0 Å². The first-order valence-electron chi connectivity index (χ1n) is 7.21. The van der Waals surface area contributed by atoms with Gasteiger partial charge in [0.05, 0.1) is 5.69 Å². The lowest BCUT2D eigenvalue weighted by molar-refractivity contribution is 0.907. The smallest absolute Gasteiger partial charge is 0.182 e. The summed E-state index contributed by atoms with van der Waals surface area (Å²) in [6.45, 7) is 2.15. The van der Waals surface area contributed by atoms with E-state index < -0.39 is 0 Å². The summed E-state index contributed by atoms with van der Waals surface area (Å²) >= 11 is 5.45. The maximum absolute atomic E-state index is 5.45. The SMILES string of the molecule is CCc1c[nH]c(=S)n1-c1ccccc1Cc1ccccc1. The van der Waals surface area contributed by atoms with Crippen molar-refractivity contribution in [3.8, 4) is 5.69 Å². The minimum absolute atomic E-state index is 0.757. The molecule has 1 N–H and O–H groups in total. The molecule has 0 unspecified atom stereocenters. The van der Waals surface area contributed by atoms with Crippen LogP contribution in [-0.2, 0) is 12.8 Å². The predicted molar refractivity (Wildman–Crippen MR) is 89.6 cm³/mol. The number of imidazole rings is 1. The number of benzene rings is 2. The maximum Gasteiger partial charge on any atom is 0.182 e. The molecule has 0 bridgehead atoms. The van der Waals surface area contributed by atoms with Crippen LogP contribution in [0.15, 0.2) is 60.8 Å². The third-order valence-electron chi connectivity index (χ3n) is 3.68. The Kier molecular flexibility index (Phi) is 4.02. The van der Waals surface area contributed by atoms with Gasteiger partial charge in [-0.25, -0.2) is 0 Å². The lowest BCUT2D eigenvalue weighted by Crippen LogP contribution is -2.04. The molecule has 0 fully saturated rings. The van der Waals surface area contributed by atoms with Crippen molar-refractivity contribution in [2.45, 2.75) is 19.8 Å². The standard InChI is InChI=1S/C18H18N2S/c1-2-16-13-19-18(21)20(16)17-11-7-6-10-15(17)12-14-8-4-3-5-9-14/h3-11,13H,2,12H2,1H3,(H,19,21). The number of hydrogen-bond donors (Lipinski definition) is 1. The number of aryl methyl sites for hydroxylation is 1. The minimum atomic E-state index is 0.757. The number of nitrogens with one attached hydrogen (secondary N) is 1. The van der Waals surface area contributed by atoms with Gasteiger partial charge in [0.15, 0.2) is 4.77 Å². The van der Waals surface area contributed by atoms with Gasteiger partial charge in [-0.3, -0.25) is 4.57 Å². The van der Waals surface area contributed by atoms with Crippen LogP contribution >= 0.6 is 12.2 Å². The van der Waals surface area contributed by atoms with E-state index in [1.807, 2.05) is 12.3 Å². The zero-order valence-corrected chi connectivity index (χ0v) is 12.9. The Balaban J connectivity index is 2.08. The van der Waals surface area contributed by atoms with Gasteiger partial charge in [-0.2, -0.15) is 0 Å². The summed E-state index contributed by atoms with van der Waals surface area (Å²) in [6.07, 6.45) is 3.86. The van der Waals surface area contributed by atoms with Gasteiger partial charge in [-0.1, -0.05) is 55.5 Å². The van der Waals surface area contributed by atoms with Crippen LogP contribution in [0.3, 0.4) is 0 Å². The molecule has 21 heavy (non-hydrogen) atoms. The molecule has 0 saturated heterocycles. The third kappa shape index (κ3) is 2.83. The highest BCUT2D eigenvalue weighted by molar-refractivity contribution is 7.71. The fourth-order valence-corrected chi connectivity index (χ4v) is 2.90. The fraction of sp³-hybridized carbons (Fsp3) is 0.167. The van der Waals surface area contributed by atoms with Gasteiger partial charge in [-0.15, -0.1) is 0 Å². The first kappa shape index (κ1) is 13.8. The molecule has 0 spiro atoms. The fourth-order valence-electron chi connectivity index (χ4n) is 2.62. The zero-order valence-electron chi connectivity index (χ0n) is 12.0. The van der Waals surface area contributed by atoms with E-state index in [0.717, 1.165) is 17.6 Å². The number of aromatic nitrogens is 2. The highest BCUT2D eigenvalue weighted by Gasteiger charge is 2.09. The highest BCUT2D eigenvalue weighted by Crippen LogP contribution is 2.21. The Morgan fingerprint density at radius 1 is 1.00 bits per heavy atom. The van der Waals surface area contributed by atoms with E-state index in [0.29, 0.717) is 0 Å². The molecule has 0 aliphatic heterocycles. The first-order chi connectivity index (χ1) is 10.3. The first-order valence-corrected chi connectivity index (χ1v) is 7.62. The number of H-pyrrole nitrogens is 1. The maximum atomic E-state index is 5.45. The summed E-state index contributed by atoms with van der Waals surface area (Å²) in [7, 11) is 0. The van der Waals surface area contributed by atoms with Crippen LogP contribution in [0.4, 0.5) is 0 Å². The van der Waals surface area contributed by atoms with Crippen molar-refractivity contribution in [1.29, 1.82) is 0 Å². The van der Waals surface area contributed by atoms with Gasteiger partial charge >= 0.3 is 0 Å².